The normalized spacial score (nSPS) is 24.7. The summed E-state index contributed by atoms with van der Waals surface area (Å²) in [5.41, 5.74) is 0. The molecule has 2 aliphatic heterocycles. The average Bonchev–Trinajstić information content (AvgIpc) is 2.74. The molecule has 2 fully saturated rings. The minimum atomic E-state index is -3.19. The highest BCUT2D eigenvalue weighted by Crippen LogP contribution is 2.45. The molecule has 1 amide bonds. The van der Waals surface area contributed by atoms with Crippen LogP contribution in [0.3, 0.4) is 0 Å². The second-order valence-electron chi connectivity index (χ2n) is 6.70. The van der Waals surface area contributed by atoms with Crippen molar-refractivity contribution in [3.8, 4) is 5.88 Å². The number of carbonyl (C=O) groups excluding carboxylic acids is 1. The summed E-state index contributed by atoms with van der Waals surface area (Å²) in [5.74, 6) is 0.487. The molecular formula is C16H22N2O4S. The van der Waals surface area contributed by atoms with Crippen molar-refractivity contribution >= 4 is 15.7 Å². The highest BCUT2D eigenvalue weighted by atomic mass is 32.2. The average molecular weight is 338 g/mol. The van der Waals surface area contributed by atoms with Crippen molar-refractivity contribution in [1.82, 2.24) is 9.88 Å². The van der Waals surface area contributed by atoms with Gasteiger partial charge in [0.05, 0.1) is 12.4 Å². The van der Waals surface area contributed by atoms with Crippen molar-refractivity contribution in [1.29, 1.82) is 0 Å². The largest absolute Gasteiger partial charge is 0.477 e. The van der Waals surface area contributed by atoms with Crippen LogP contribution in [0, 0.1) is 11.8 Å². The van der Waals surface area contributed by atoms with Crippen molar-refractivity contribution in [2.45, 2.75) is 25.0 Å². The Labute approximate surface area is 136 Å². The topological polar surface area (TPSA) is 76.6 Å². The molecule has 3 rings (SSSR count). The molecule has 0 bridgehead atoms. The second-order valence-corrected chi connectivity index (χ2v) is 9.15. The van der Waals surface area contributed by atoms with Gasteiger partial charge in [-0.1, -0.05) is 19.9 Å². The molecule has 0 radical (unpaired) electrons. The minimum absolute atomic E-state index is 0.0159. The highest BCUT2D eigenvalue weighted by Gasteiger charge is 2.62. The summed E-state index contributed by atoms with van der Waals surface area (Å²) in [7, 11) is -3.19. The van der Waals surface area contributed by atoms with Gasteiger partial charge in [0, 0.05) is 37.2 Å². The number of hydrogen-bond donors (Lipinski definition) is 0. The lowest BCUT2D eigenvalue weighted by Crippen LogP contribution is -2.69. The quantitative estimate of drug-likeness (QED) is 0.822. The molecule has 2 saturated heterocycles. The summed E-state index contributed by atoms with van der Waals surface area (Å²) in [6.45, 7) is 4.57. The van der Waals surface area contributed by atoms with E-state index in [1.165, 1.54) is 0 Å². The number of pyridine rings is 1. The molecule has 0 aliphatic carbocycles. The van der Waals surface area contributed by atoms with Gasteiger partial charge in [0.25, 0.3) is 0 Å². The van der Waals surface area contributed by atoms with Crippen molar-refractivity contribution in [3.05, 3.63) is 24.4 Å². The van der Waals surface area contributed by atoms with E-state index in [2.05, 4.69) is 4.98 Å². The van der Waals surface area contributed by atoms with Gasteiger partial charge in [0.15, 0.2) is 9.84 Å². The van der Waals surface area contributed by atoms with Gasteiger partial charge in [-0.15, -0.1) is 0 Å². The van der Waals surface area contributed by atoms with E-state index in [9.17, 15) is 13.2 Å². The number of hydrogen-bond acceptors (Lipinski definition) is 5. The number of nitrogens with zero attached hydrogens (tertiary/aromatic N) is 2. The maximum Gasteiger partial charge on any atom is 0.225 e. The van der Waals surface area contributed by atoms with Crippen LogP contribution in [0.1, 0.15) is 20.3 Å². The van der Waals surface area contributed by atoms with Crippen molar-refractivity contribution in [2.24, 2.45) is 11.8 Å². The predicted molar refractivity (Wildman–Crippen MR) is 85.8 cm³/mol. The van der Waals surface area contributed by atoms with E-state index in [0.717, 1.165) is 0 Å². The van der Waals surface area contributed by atoms with E-state index in [4.69, 9.17) is 4.74 Å². The molecule has 6 nitrogen and oxygen atoms in total. The highest BCUT2D eigenvalue weighted by molar-refractivity contribution is 7.93. The Morgan fingerprint density at radius 3 is 2.78 bits per heavy atom. The lowest BCUT2D eigenvalue weighted by atomic mass is 9.83. The number of amides is 1. The van der Waals surface area contributed by atoms with Gasteiger partial charge in [-0.2, -0.15) is 0 Å². The fourth-order valence-corrected chi connectivity index (χ4v) is 5.85. The molecule has 2 aliphatic rings. The third-order valence-electron chi connectivity index (χ3n) is 4.89. The van der Waals surface area contributed by atoms with Gasteiger partial charge in [-0.05, 0) is 12.5 Å². The van der Waals surface area contributed by atoms with Crippen molar-refractivity contribution < 1.29 is 17.9 Å². The standard InChI is InChI=1S/C16H22N2O4S/c1-12(2)15(19)18-10-16(11-18)13(6-8-23(16,20)21)9-22-14-5-3-4-7-17-14/h3-5,7,12-13H,6,8-11H2,1-2H3/t13-/m1/s1. The summed E-state index contributed by atoms with van der Waals surface area (Å²) >= 11 is 0. The predicted octanol–water partition coefficient (Wildman–Crippen LogP) is 1.13. The van der Waals surface area contributed by atoms with Crippen LogP contribution in [0.15, 0.2) is 24.4 Å². The van der Waals surface area contributed by atoms with Gasteiger partial charge in [-0.25, -0.2) is 13.4 Å². The molecule has 1 spiro atoms. The molecule has 1 aromatic rings. The fraction of sp³-hybridized carbons (Fsp3) is 0.625. The summed E-state index contributed by atoms with van der Waals surface area (Å²) in [5, 5.41) is 0. The van der Waals surface area contributed by atoms with Crippen molar-refractivity contribution in [2.75, 3.05) is 25.4 Å². The van der Waals surface area contributed by atoms with E-state index in [-0.39, 0.29) is 23.5 Å². The monoisotopic (exact) mass is 338 g/mol. The number of carbonyl (C=O) groups is 1. The number of sulfone groups is 1. The molecule has 1 atom stereocenters. The van der Waals surface area contributed by atoms with E-state index in [1.54, 1.807) is 23.2 Å². The van der Waals surface area contributed by atoms with E-state index in [0.29, 0.717) is 32.0 Å². The lowest BCUT2D eigenvalue weighted by molar-refractivity contribution is -0.141. The number of ether oxygens (including phenoxy) is 1. The zero-order valence-corrected chi connectivity index (χ0v) is 14.3. The number of likely N-dealkylation sites (tertiary alicyclic amines) is 1. The van der Waals surface area contributed by atoms with Crippen LogP contribution >= 0.6 is 0 Å². The molecule has 0 aromatic carbocycles. The number of rotatable bonds is 4. The van der Waals surface area contributed by atoms with Crippen LogP contribution in [0.25, 0.3) is 0 Å². The SMILES string of the molecule is CC(C)C(=O)N1CC2(C1)[C@@H](COc1ccccn1)CCS2(=O)=O. The Balaban J connectivity index is 1.70. The van der Waals surface area contributed by atoms with Gasteiger partial charge in [-0.3, -0.25) is 4.79 Å². The minimum Gasteiger partial charge on any atom is -0.477 e. The van der Waals surface area contributed by atoms with Crippen LogP contribution in [0.5, 0.6) is 5.88 Å². The summed E-state index contributed by atoms with van der Waals surface area (Å²) < 4.78 is 29.9. The Morgan fingerprint density at radius 1 is 1.43 bits per heavy atom. The van der Waals surface area contributed by atoms with Crippen LogP contribution in [0.2, 0.25) is 0 Å². The zero-order chi connectivity index (χ0) is 16.7. The molecule has 126 valence electrons. The van der Waals surface area contributed by atoms with Crippen LogP contribution in [-0.4, -0.2) is 54.4 Å². The summed E-state index contributed by atoms with van der Waals surface area (Å²) in [6.07, 6.45) is 2.22. The molecule has 0 N–H and O–H groups in total. The van der Waals surface area contributed by atoms with E-state index >= 15 is 0 Å². The fourth-order valence-electron chi connectivity index (χ4n) is 3.45. The van der Waals surface area contributed by atoms with Crippen LogP contribution in [0.4, 0.5) is 0 Å². The van der Waals surface area contributed by atoms with Gasteiger partial charge in [0.1, 0.15) is 4.75 Å². The van der Waals surface area contributed by atoms with Crippen molar-refractivity contribution in [3.63, 3.8) is 0 Å². The first-order chi connectivity index (χ1) is 10.9. The van der Waals surface area contributed by atoms with E-state index < -0.39 is 14.6 Å². The summed E-state index contributed by atoms with van der Waals surface area (Å²) in [6, 6.07) is 5.39. The summed E-state index contributed by atoms with van der Waals surface area (Å²) in [4.78, 5) is 17.8. The van der Waals surface area contributed by atoms with Crippen LogP contribution in [-0.2, 0) is 14.6 Å². The Morgan fingerprint density at radius 2 is 2.17 bits per heavy atom. The molecule has 7 heteroatoms. The van der Waals surface area contributed by atoms with Gasteiger partial charge in [0.2, 0.25) is 11.8 Å². The lowest BCUT2D eigenvalue weighted by Gasteiger charge is -2.50. The molecule has 23 heavy (non-hydrogen) atoms. The third kappa shape index (κ3) is 2.71. The molecule has 1 aromatic heterocycles. The molecule has 3 heterocycles. The third-order valence-corrected chi connectivity index (χ3v) is 7.49. The maximum absolute atomic E-state index is 12.5. The molecule has 0 unspecified atom stereocenters. The first-order valence-corrected chi connectivity index (χ1v) is 9.56. The molecular weight excluding hydrogens is 316 g/mol. The van der Waals surface area contributed by atoms with Gasteiger partial charge >= 0.3 is 0 Å². The smallest absolute Gasteiger partial charge is 0.225 e. The second kappa shape index (κ2) is 5.78. The zero-order valence-electron chi connectivity index (χ0n) is 13.4. The molecule has 0 saturated carbocycles. The van der Waals surface area contributed by atoms with E-state index in [1.807, 2.05) is 19.9 Å². The Bertz CT molecular complexity index is 681. The Hall–Kier alpha value is -1.63. The maximum atomic E-state index is 12.5. The first kappa shape index (κ1) is 16.2. The first-order valence-electron chi connectivity index (χ1n) is 7.91. The van der Waals surface area contributed by atoms with Crippen LogP contribution < -0.4 is 4.74 Å². The van der Waals surface area contributed by atoms with Gasteiger partial charge < -0.3 is 9.64 Å². The number of aromatic nitrogens is 1. The Kier molecular flexibility index (Phi) is 4.08.